The fourth-order valence-corrected chi connectivity index (χ4v) is 0.616. The number of hydrogen-bond acceptors (Lipinski definition) is 5. The molecule has 0 saturated carbocycles. The summed E-state index contributed by atoms with van der Waals surface area (Å²) in [6.45, 7) is 9.90. The van der Waals surface area contributed by atoms with Crippen molar-refractivity contribution >= 4 is 21.8 Å². The number of carboxylic acid groups (broad SMARTS) is 2. The fourth-order valence-electron chi connectivity index (χ4n) is 0.616. The Hall–Kier alpha value is -2.05. The van der Waals surface area contributed by atoms with E-state index in [1.54, 1.807) is 0 Å². The maximum absolute atomic E-state index is 9.60. The first-order valence-corrected chi connectivity index (χ1v) is 7.27. The van der Waals surface area contributed by atoms with E-state index in [1.807, 2.05) is 36.4 Å². The third-order valence-electron chi connectivity index (χ3n) is 1.87. The number of carboxylic acids is 2. The molecular formula is C18H31O7P. The lowest BCUT2D eigenvalue weighted by molar-refractivity contribution is -0.133. The Morgan fingerprint density at radius 2 is 0.962 bits per heavy atom. The largest absolute Gasteiger partial charge is 0.478 e. The van der Waals surface area contributed by atoms with E-state index in [-0.39, 0.29) is 34.3 Å². The number of rotatable bonds is 6. The summed E-state index contributed by atoms with van der Waals surface area (Å²) in [6.07, 6.45) is 0. The fraction of sp³-hybridized carbons (Fsp3) is 0.333. The highest BCUT2D eigenvalue weighted by Gasteiger charge is 1.90. The molecule has 7 nitrogen and oxygen atoms in total. The van der Waals surface area contributed by atoms with Crippen molar-refractivity contribution in [1.82, 2.24) is 0 Å². The summed E-state index contributed by atoms with van der Waals surface area (Å²) < 4.78 is 4.63. The molecule has 26 heavy (non-hydrogen) atoms. The van der Waals surface area contributed by atoms with Gasteiger partial charge in [0.05, 0.1) is 26.4 Å². The van der Waals surface area contributed by atoms with Gasteiger partial charge in [-0.15, -0.1) is 0 Å². The Morgan fingerprint density at radius 1 is 0.769 bits per heavy atom. The molecule has 1 rings (SSSR count). The second-order valence-electron chi connectivity index (χ2n) is 4.39. The molecule has 0 spiro atoms. The summed E-state index contributed by atoms with van der Waals surface area (Å²) in [6, 6.07) is 12.0. The minimum Gasteiger partial charge on any atom is -0.478 e. The van der Waals surface area contributed by atoms with Crippen molar-refractivity contribution in [3.05, 3.63) is 60.7 Å². The second-order valence-corrected chi connectivity index (χ2v) is 4.39. The van der Waals surface area contributed by atoms with Crippen LogP contribution in [0.15, 0.2) is 60.7 Å². The summed E-state index contributed by atoms with van der Waals surface area (Å²) in [5.41, 5.74) is 0.352. The highest BCUT2D eigenvalue weighted by Crippen LogP contribution is 1.81. The van der Waals surface area contributed by atoms with Gasteiger partial charge >= 0.3 is 11.9 Å². The predicted octanol–water partition coefficient (Wildman–Crippen LogP) is 2.03. The Bertz CT molecular complexity index is 397. The molecular weight excluding hydrogens is 359 g/mol. The molecule has 1 aromatic carbocycles. The molecule has 0 bridgehead atoms. The molecule has 0 amide bonds. The van der Waals surface area contributed by atoms with Crippen molar-refractivity contribution in [3.8, 4) is 0 Å². The van der Waals surface area contributed by atoms with Crippen molar-refractivity contribution in [2.24, 2.45) is 0 Å². The van der Waals surface area contributed by atoms with E-state index in [9.17, 15) is 9.59 Å². The highest BCUT2D eigenvalue weighted by atomic mass is 31.0. The van der Waals surface area contributed by atoms with Crippen LogP contribution in [0.2, 0.25) is 0 Å². The number of aliphatic carboxylic acids is 2. The van der Waals surface area contributed by atoms with Crippen LogP contribution in [0.5, 0.6) is 0 Å². The first-order valence-electron chi connectivity index (χ1n) is 7.27. The van der Waals surface area contributed by atoms with E-state index in [1.165, 1.54) is 13.8 Å². The average molecular weight is 390 g/mol. The van der Waals surface area contributed by atoms with E-state index >= 15 is 0 Å². The molecule has 8 heteroatoms. The smallest absolute Gasteiger partial charge is 0.330 e. The minimum absolute atomic E-state index is 0. The van der Waals surface area contributed by atoms with Gasteiger partial charge in [-0.05, 0) is 13.8 Å². The molecule has 1 atom stereocenters. The number of ether oxygens (including phenoxy) is 1. The molecule has 1 unspecified atom stereocenters. The molecule has 4 N–H and O–H groups in total. The Labute approximate surface area is 158 Å². The van der Waals surface area contributed by atoms with Crippen LogP contribution in [0.25, 0.3) is 0 Å². The van der Waals surface area contributed by atoms with Crippen LogP contribution in [0.3, 0.4) is 0 Å². The third-order valence-corrected chi connectivity index (χ3v) is 1.87. The standard InChI is InChI=1S/C6H6.C4H10O3.2C4H6O2.H3P/c1-2-4-6-5-3-1;5-1-3-7-4-2-6;2*1-3(2)4(5)6;/h1-6H;5-6H,1-4H2;2*1H2,2H3,(H,5,6);1H3. The van der Waals surface area contributed by atoms with Gasteiger partial charge in [0.25, 0.3) is 0 Å². The van der Waals surface area contributed by atoms with Gasteiger partial charge in [0, 0.05) is 11.1 Å². The molecule has 0 aliphatic rings. The van der Waals surface area contributed by atoms with E-state index in [0.29, 0.717) is 13.2 Å². The lowest BCUT2D eigenvalue weighted by atomic mass is 10.4. The van der Waals surface area contributed by atoms with Crippen LogP contribution in [0.1, 0.15) is 13.8 Å². The molecule has 0 aromatic heterocycles. The third kappa shape index (κ3) is 37.9. The number of hydrogen-bond donors (Lipinski definition) is 4. The van der Waals surface area contributed by atoms with Gasteiger partial charge in [-0.1, -0.05) is 49.6 Å². The van der Waals surface area contributed by atoms with Gasteiger partial charge in [0.1, 0.15) is 0 Å². The lowest BCUT2D eigenvalue weighted by Gasteiger charge is -1.94. The van der Waals surface area contributed by atoms with Gasteiger partial charge in [0.15, 0.2) is 0 Å². The van der Waals surface area contributed by atoms with Gasteiger partial charge in [-0.2, -0.15) is 9.90 Å². The molecule has 0 radical (unpaired) electrons. The predicted molar refractivity (Wildman–Crippen MR) is 107 cm³/mol. The molecule has 0 aliphatic carbocycles. The highest BCUT2D eigenvalue weighted by molar-refractivity contribution is 6.92. The lowest BCUT2D eigenvalue weighted by Crippen LogP contribution is -2.03. The number of aliphatic hydroxyl groups excluding tert-OH is 2. The van der Waals surface area contributed by atoms with Crippen LogP contribution in [0, 0.1) is 0 Å². The first kappa shape index (κ1) is 31.7. The molecule has 150 valence electrons. The SMILES string of the molecule is C=C(C)C(=O)O.C=C(C)C(=O)O.OCCOCCO.P.c1ccccc1. The minimum atomic E-state index is -0.935. The number of carbonyl (C=O) groups is 2. The Morgan fingerprint density at radius 3 is 1.08 bits per heavy atom. The van der Waals surface area contributed by atoms with Crippen molar-refractivity contribution in [3.63, 3.8) is 0 Å². The van der Waals surface area contributed by atoms with Crippen LogP contribution in [0.4, 0.5) is 0 Å². The van der Waals surface area contributed by atoms with Crippen LogP contribution >= 0.6 is 9.90 Å². The van der Waals surface area contributed by atoms with E-state index in [4.69, 9.17) is 20.4 Å². The van der Waals surface area contributed by atoms with Crippen molar-refractivity contribution in [1.29, 1.82) is 0 Å². The summed E-state index contributed by atoms with van der Waals surface area (Å²) in [5.74, 6) is -1.87. The van der Waals surface area contributed by atoms with Crippen LogP contribution < -0.4 is 0 Å². The van der Waals surface area contributed by atoms with Crippen LogP contribution in [-0.4, -0.2) is 58.8 Å². The average Bonchev–Trinajstić information content (AvgIpc) is 2.58. The summed E-state index contributed by atoms with van der Waals surface area (Å²) in [4.78, 5) is 19.2. The van der Waals surface area contributed by atoms with Gasteiger partial charge < -0.3 is 25.2 Å². The molecule has 0 heterocycles. The van der Waals surface area contributed by atoms with E-state index < -0.39 is 11.9 Å². The second kappa shape index (κ2) is 25.2. The van der Waals surface area contributed by atoms with Crippen molar-refractivity contribution in [2.75, 3.05) is 26.4 Å². The molecule has 0 aliphatic heterocycles. The Balaban J connectivity index is -0.000000123. The van der Waals surface area contributed by atoms with Crippen molar-refractivity contribution in [2.45, 2.75) is 13.8 Å². The van der Waals surface area contributed by atoms with E-state index in [2.05, 4.69) is 17.9 Å². The first-order chi connectivity index (χ1) is 11.7. The topological polar surface area (TPSA) is 124 Å². The quantitative estimate of drug-likeness (QED) is 0.333. The molecule has 1 aromatic rings. The maximum Gasteiger partial charge on any atom is 0.330 e. The zero-order chi connectivity index (χ0) is 20.1. The zero-order valence-electron chi connectivity index (χ0n) is 15.4. The summed E-state index contributed by atoms with van der Waals surface area (Å²) in [5, 5.41) is 32.0. The molecule has 0 saturated heterocycles. The van der Waals surface area contributed by atoms with Gasteiger partial charge in [-0.3, -0.25) is 0 Å². The van der Waals surface area contributed by atoms with Crippen molar-refractivity contribution < 1.29 is 34.8 Å². The number of benzene rings is 1. The summed E-state index contributed by atoms with van der Waals surface area (Å²) in [7, 11) is 0. The van der Waals surface area contributed by atoms with Gasteiger partial charge in [0.2, 0.25) is 0 Å². The molecule has 0 fully saturated rings. The van der Waals surface area contributed by atoms with E-state index in [0.717, 1.165) is 0 Å². The number of aliphatic hydroxyl groups is 2. The monoisotopic (exact) mass is 390 g/mol. The van der Waals surface area contributed by atoms with Gasteiger partial charge in [-0.25, -0.2) is 9.59 Å². The van der Waals surface area contributed by atoms with Crippen LogP contribution in [-0.2, 0) is 14.3 Å². The maximum atomic E-state index is 9.60. The normalized spacial score (nSPS) is 7.85. The Kier molecular flexibility index (Phi) is 30.7. The summed E-state index contributed by atoms with van der Waals surface area (Å²) >= 11 is 0. The zero-order valence-corrected chi connectivity index (χ0v) is 16.8.